The highest BCUT2D eigenvalue weighted by Crippen LogP contribution is 2.46. The second kappa shape index (κ2) is 14.7. The lowest BCUT2D eigenvalue weighted by atomic mass is 9.79. The van der Waals surface area contributed by atoms with E-state index in [1.165, 1.54) is 7.11 Å². The van der Waals surface area contributed by atoms with E-state index in [4.69, 9.17) is 30.8 Å². The number of nitrogens with zero attached hydrogens (tertiary/aromatic N) is 4. The third-order valence-corrected chi connectivity index (χ3v) is 10.4. The number of alkyl halides is 3. The maximum Gasteiger partial charge on any atom is 0.421 e. The summed E-state index contributed by atoms with van der Waals surface area (Å²) in [5.74, 6) is 0.00991. The number of hydrogen-bond acceptors (Lipinski definition) is 10. The van der Waals surface area contributed by atoms with Gasteiger partial charge in [0, 0.05) is 79.6 Å². The Hall–Kier alpha value is -4.50. The molecule has 1 aromatic carbocycles. The Balaban J connectivity index is 1.13. The SMILES string of the molecule is COc1nc(-c2ccnc(-c3cccc4c3CC[C@@H]4Oc3nc(OC)c(CNCC(C)O)cc3C(F)(F)F)c2Cl)ccc1CN1CC2(CNC(=O)C2)C1. The number of fused-ring (bicyclic) bond motifs is 1. The molecule has 0 radical (unpaired) electrons. The molecule has 15 heteroatoms. The van der Waals surface area contributed by atoms with Crippen LogP contribution in [0.25, 0.3) is 22.5 Å². The standard InChI is InChI=1S/C38H40ClF3N6O5/c1-21(49)15-43-16-23-13-28(38(40,41)42)36(47-35(23)52-3)53-30-10-8-24-25(30)5-4-6-26(24)33-32(39)27(11-12-44-33)29-9-7-22(34(46-29)51-2)17-48-19-37(20-48)14-31(50)45-18-37/h4-7,9,11-13,21,30,43,49H,8,10,14-20H2,1-3H3,(H,45,50)/t21?,30-/m0/s1. The van der Waals surface area contributed by atoms with Crippen molar-refractivity contribution in [2.75, 3.05) is 40.4 Å². The van der Waals surface area contributed by atoms with Gasteiger partial charge in [-0.2, -0.15) is 18.2 Å². The number of carbonyl (C=O) groups excluding carboxylic acids is 1. The summed E-state index contributed by atoms with van der Waals surface area (Å²) < 4.78 is 60.1. The van der Waals surface area contributed by atoms with Crippen LogP contribution in [0.1, 0.15) is 53.7 Å². The number of rotatable bonds is 12. The Labute approximate surface area is 309 Å². The molecule has 1 amide bonds. The van der Waals surface area contributed by atoms with Crippen molar-refractivity contribution in [3.63, 3.8) is 0 Å². The second-order valence-electron chi connectivity index (χ2n) is 14.0. The summed E-state index contributed by atoms with van der Waals surface area (Å²) in [5, 5.41) is 15.8. The zero-order valence-electron chi connectivity index (χ0n) is 29.5. The summed E-state index contributed by atoms with van der Waals surface area (Å²) in [7, 11) is 2.91. The molecule has 1 unspecified atom stereocenters. The minimum absolute atomic E-state index is 0.00242. The fourth-order valence-electron chi connectivity index (χ4n) is 7.61. The number of pyridine rings is 3. The number of benzene rings is 1. The summed E-state index contributed by atoms with van der Waals surface area (Å²) in [5.41, 5.74) is 4.22. The first kappa shape index (κ1) is 36.8. The molecule has 280 valence electrons. The van der Waals surface area contributed by atoms with Crippen LogP contribution in [0.15, 0.2) is 48.7 Å². The largest absolute Gasteiger partial charge is 0.481 e. The lowest BCUT2D eigenvalue weighted by Crippen LogP contribution is -2.56. The molecule has 0 saturated carbocycles. The minimum Gasteiger partial charge on any atom is -0.481 e. The number of aromatic nitrogens is 3. The van der Waals surface area contributed by atoms with Gasteiger partial charge >= 0.3 is 6.18 Å². The number of halogens is 4. The smallest absolute Gasteiger partial charge is 0.421 e. The number of carbonyl (C=O) groups is 1. The molecule has 2 atom stereocenters. The summed E-state index contributed by atoms with van der Waals surface area (Å²) in [6.07, 6.45) is -2.99. The van der Waals surface area contributed by atoms with E-state index >= 15 is 0 Å². The number of likely N-dealkylation sites (tertiary alicyclic amines) is 1. The van der Waals surface area contributed by atoms with Crippen LogP contribution in [0.3, 0.4) is 0 Å². The monoisotopic (exact) mass is 752 g/mol. The predicted octanol–water partition coefficient (Wildman–Crippen LogP) is 5.75. The zero-order chi connectivity index (χ0) is 37.5. The molecular weight excluding hydrogens is 713 g/mol. The van der Waals surface area contributed by atoms with Gasteiger partial charge in [0.15, 0.2) is 0 Å². The average Bonchev–Trinajstić information content (AvgIpc) is 3.71. The van der Waals surface area contributed by atoms with E-state index in [-0.39, 0.29) is 35.9 Å². The van der Waals surface area contributed by atoms with Gasteiger partial charge in [-0.1, -0.05) is 35.9 Å². The van der Waals surface area contributed by atoms with Crippen LogP contribution in [0.2, 0.25) is 5.02 Å². The Kier molecular flexibility index (Phi) is 10.2. The molecule has 5 heterocycles. The first-order valence-corrected chi connectivity index (χ1v) is 17.8. The van der Waals surface area contributed by atoms with Crippen molar-refractivity contribution in [2.45, 2.75) is 57.7 Å². The number of hydrogen-bond donors (Lipinski definition) is 3. The van der Waals surface area contributed by atoms with E-state index in [1.807, 2.05) is 30.3 Å². The summed E-state index contributed by atoms with van der Waals surface area (Å²) >= 11 is 7.07. The quantitative estimate of drug-likeness (QED) is 0.164. The van der Waals surface area contributed by atoms with Gasteiger partial charge < -0.3 is 30.0 Å². The molecule has 0 bridgehead atoms. The first-order valence-electron chi connectivity index (χ1n) is 17.4. The van der Waals surface area contributed by atoms with Crippen LogP contribution in [0.4, 0.5) is 13.2 Å². The van der Waals surface area contributed by atoms with Gasteiger partial charge in [0.25, 0.3) is 0 Å². The summed E-state index contributed by atoms with van der Waals surface area (Å²) in [4.78, 5) is 27.6. The number of aliphatic hydroxyl groups excluding tert-OH is 1. The Bertz CT molecular complexity index is 2020. The highest BCUT2D eigenvalue weighted by molar-refractivity contribution is 6.35. The van der Waals surface area contributed by atoms with Crippen LogP contribution in [0.5, 0.6) is 17.6 Å². The Morgan fingerprint density at radius 1 is 1.08 bits per heavy atom. The van der Waals surface area contributed by atoms with Crippen molar-refractivity contribution in [2.24, 2.45) is 5.41 Å². The van der Waals surface area contributed by atoms with Gasteiger partial charge in [-0.3, -0.25) is 14.7 Å². The highest BCUT2D eigenvalue weighted by Gasteiger charge is 2.48. The third kappa shape index (κ3) is 7.50. The van der Waals surface area contributed by atoms with Gasteiger partial charge in [0.1, 0.15) is 11.7 Å². The molecular formula is C38H40ClF3N6O5. The van der Waals surface area contributed by atoms with E-state index in [2.05, 4.69) is 25.5 Å². The van der Waals surface area contributed by atoms with Crippen molar-refractivity contribution < 1.29 is 37.3 Å². The van der Waals surface area contributed by atoms with Crippen molar-refractivity contribution in [3.05, 3.63) is 81.5 Å². The van der Waals surface area contributed by atoms with Crippen molar-refractivity contribution >= 4 is 17.5 Å². The van der Waals surface area contributed by atoms with Gasteiger partial charge in [-0.25, -0.2) is 4.98 Å². The lowest BCUT2D eigenvalue weighted by Gasteiger charge is -2.47. The molecule has 3 aliphatic rings. The molecule has 3 N–H and O–H groups in total. The van der Waals surface area contributed by atoms with Crippen LogP contribution in [0, 0.1) is 5.41 Å². The topological polar surface area (TPSA) is 131 Å². The van der Waals surface area contributed by atoms with Gasteiger partial charge in [-0.15, -0.1) is 0 Å². The molecule has 11 nitrogen and oxygen atoms in total. The fourth-order valence-corrected chi connectivity index (χ4v) is 7.92. The minimum atomic E-state index is -4.74. The molecule has 7 rings (SSSR count). The summed E-state index contributed by atoms with van der Waals surface area (Å²) in [6.45, 7) is 4.78. The number of amides is 1. The van der Waals surface area contributed by atoms with E-state index < -0.39 is 29.8 Å². The molecule has 2 saturated heterocycles. The van der Waals surface area contributed by atoms with E-state index in [1.54, 1.807) is 26.3 Å². The fraction of sp³-hybridized carbons (Fsp3) is 0.421. The normalized spacial score (nSPS) is 18.4. The average molecular weight is 753 g/mol. The second-order valence-corrected chi connectivity index (χ2v) is 14.4. The highest BCUT2D eigenvalue weighted by atomic mass is 35.5. The van der Waals surface area contributed by atoms with Crippen molar-refractivity contribution in [3.8, 4) is 40.2 Å². The summed E-state index contributed by atoms with van der Waals surface area (Å²) in [6, 6.07) is 12.2. The van der Waals surface area contributed by atoms with Crippen LogP contribution in [-0.4, -0.2) is 77.4 Å². The molecule has 2 aliphatic heterocycles. The van der Waals surface area contributed by atoms with Gasteiger partial charge in [0.2, 0.25) is 23.5 Å². The van der Waals surface area contributed by atoms with Crippen molar-refractivity contribution in [1.29, 1.82) is 0 Å². The maximum absolute atomic E-state index is 14.3. The van der Waals surface area contributed by atoms with Crippen LogP contribution >= 0.6 is 11.6 Å². The Morgan fingerprint density at radius 2 is 1.85 bits per heavy atom. The molecule has 3 aromatic heterocycles. The van der Waals surface area contributed by atoms with Gasteiger partial charge in [0.05, 0.1) is 36.7 Å². The van der Waals surface area contributed by atoms with Crippen LogP contribution in [-0.2, 0) is 30.5 Å². The maximum atomic E-state index is 14.3. The molecule has 1 aliphatic carbocycles. The Morgan fingerprint density at radius 3 is 2.55 bits per heavy atom. The predicted molar refractivity (Wildman–Crippen MR) is 191 cm³/mol. The molecule has 4 aromatic rings. The number of nitrogens with one attached hydrogen (secondary N) is 2. The molecule has 2 fully saturated rings. The zero-order valence-corrected chi connectivity index (χ0v) is 30.3. The van der Waals surface area contributed by atoms with E-state index in [9.17, 15) is 23.1 Å². The van der Waals surface area contributed by atoms with E-state index in [0.29, 0.717) is 60.2 Å². The third-order valence-electron chi connectivity index (χ3n) is 10.0. The van der Waals surface area contributed by atoms with Crippen molar-refractivity contribution in [1.82, 2.24) is 30.5 Å². The van der Waals surface area contributed by atoms with E-state index in [0.717, 1.165) is 41.4 Å². The van der Waals surface area contributed by atoms with Crippen LogP contribution < -0.4 is 24.8 Å². The first-order chi connectivity index (χ1) is 25.4. The number of aliphatic hydroxyl groups is 1. The number of methoxy groups -OCH3 is 2. The number of ether oxygens (including phenoxy) is 3. The van der Waals surface area contributed by atoms with Gasteiger partial charge in [-0.05, 0) is 49.1 Å². The lowest BCUT2D eigenvalue weighted by molar-refractivity contribution is -0.139. The molecule has 53 heavy (non-hydrogen) atoms. The molecule has 1 spiro atoms.